The summed E-state index contributed by atoms with van der Waals surface area (Å²) in [5, 5.41) is 4.34. The number of benzene rings is 2. The van der Waals surface area contributed by atoms with Crippen LogP contribution in [-0.4, -0.2) is 44.4 Å². The lowest BCUT2D eigenvalue weighted by Gasteiger charge is -2.26. The molecule has 3 rings (SSSR count). The Morgan fingerprint density at radius 3 is 2.47 bits per heavy atom. The number of anilines is 2. The average molecular weight is 449 g/mol. The number of hydrazine groups is 1. The number of methoxy groups -OCH3 is 1. The van der Waals surface area contributed by atoms with Crippen LogP contribution < -0.4 is 20.5 Å². The van der Waals surface area contributed by atoms with Gasteiger partial charge in [-0.3, -0.25) is 10.2 Å². The van der Waals surface area contributed by atoms with E-state index in [2.05, 4.69) is 10.7 Å². The Morgan fingerprint density at radius 1 is 1.13 bits per heavy atom. The highest BCUT2D eigenvalue weighted by molar-refractivity contribution is 7.89. The molecule has 160 valence electrons. The predicted octanol–water partition coefficient (Wildman–Crippen LogP) is 2.73. The molecule has 0 atom stereocenters. The highest BCUT2D eigenvalue weighted by atomic mass is 32.2. The Labute approximate surface area is 181 Å². The van der Waals surface area contributed by atoms with E-state index in [0.717, 1.165) is 19.3 Å². The first-order valence-corrected chi connectivity index (χ1v) is 11.4. The minimum absolute atomic E-state index is 0.177. The summed E-state index contributed by atoms with van der Waals surface area (Å²) in [5.41, 5.74) is 3.93. The number of ether oxygens (including phenoxy) is 1. The summed E-state index contributed by atoms with van der Waals surface area (Å²) in [6, 6.07) is 13.3. The molecule has 0 bridgehead atoms. The summed E-state index contributed by atoms with van der Waals surface area (Å²) < 4.78 is 32.1. The molecule has 1 aliphatic rings. The summed E-state index contributed by atoms with van der Waals surface area (Å²) in [4.78, 5) is 11.7. The Kier molecular flexibility index (Phi) is 7.24. The summed E-state index contributed by atoms with van der Waals surface area (Å²) in [6.07, 6.45) is 3.43. The molecular weight excluding hydrogens is 424 g/mol. The van der Waals surface area contributed by atoms with Crippen molar-refractivity contribution >= 4 is 45.1 Å². The van der Waals surface area contributed by atoms with Gasteiger partial charge in [-0.25, -0.2) is 13.4 Å². The fraction of sp³-hybridized carbons (Fsp3) is 0.300. The second-order valence-corrected chi connectivity index (χ2v) is 9.08. The van der Waals surface area contributed by atoms with E-state index in [0.29, 0.717) is 36.6 Å². The van der Waals surface area contributed by atoms with E-state index >= 15 is 0 Å². The van der Waals surface area contributed by atoms with Crippen LogP contribution in [0.1, 0.15) is 19.3 Å². The number of nitrogens with zero attached hydrogens (tertiary/aromatic N) is 2. The van der Waals surface area contributed by atoms with Crippen LogP contribution in [0.25, 0.3) is 0 Å². The number of sulfonamides is 1. The topological polar surface area (TPSA) is 91.0 Å². The van der Waals surface area contributed by atoms with Gasteiger partial charge in [0.1, 0.15) is 5.75 Å². The zero-order valence-electron chi connectivity index (χ0n) is 16.6. The molecule has 0 saturated carbocycles. The first kappa shape index (κ1) is 22.0. The van der Waals surface area contributed by atoms with Crippen LogP contribution in [0.15, 0.2) is 53.4 Å². The van der Waals surface area contributed by atoms with Crippen molar-refractivity contribution in [1.29, 1.82) is 0 Å². The third kappa shape index (κ3) is 5.26. The van der Waals surface area contributed by atoms with Crippen LogP contribution in [0, 0.1) is 0 Å². The summed E-state index contributed by atoms with van der Waals surface area (Å²) >= 11 is 5.27. The number of nitrogens with one attached hydrogen (secondary N) is 2. The Balaban J connectivity index is 1.64. The zero-order valence-corrected chi connectivity index (χ0v) is 18.2. The van der Waals surface area contributed by atoms with Crippen molar-refractivity contribution in [1.82, 2.24) is 9.73 Å². The van der Waals surface area contributed by atoms with Gasteiger partial charge in [0.15, 0.2) is 5.11 Å². The van der Waals surface area contributed by atoms with Crippen LogP contribution in [-0.2, 0) is 14.8 Å². The number of rotatable bonds is 7. The number of thiocarbonyl (C=S) groups is 1. The maximum Gasteiger partial charge on any atom is 0.243 e. The van der Waals surface area contributed by atoms with Gasteiger partial charge in [0, 0.05) is 24.8 Å². The van der Waals surface area contributed by atoms with Crippen molar-refractivity contribution in [3.8, 4) is 5.75 Å². The van der Waals surface area contributed by atoms with E-state index in [9.17, 15) is 13.2 Å². The van der Waals surface area contributed by atoms with Gasteiger partial charge in [-0.1, -0.05) is 12.5 Å². The van der Waals surface area contributed by atoms with Gasteiger partial charge in [0.25, 0.3) is 0 Å². The van der Waals surface area contributed by atoms with Crippen molar-refractivity contribution < 1.29 is 17.9 Å². The lowest BCUT2D eigenvalue weighted by Crippen LogP contribution is -2.43. The number of hydrogen-bond acceptors (Lipinski definition) is 5. The molecule has 2 aromatic carbocycles. The van der Waals surface area contributed by atoms with Gasteiger partial charge in [0.05, 0.1) is 17.7 Å². The maximum atomic E-state index is 12.7. The number of carbonyl (C=O) groups excluding carboxylic acids is 1. The molecule has 0 aromatic heterocycles. The van der Waals surface area contributed by atoms with Crippen LogP contribution in [0.2, 0.25) is 0 Å². The van der Waals surface area contributed by atoms with E-state index < -0.39 is 10.0 Å². The average Bonchev–Trinajstić information content (AvgIpc) is 2.78. The largest absolute Gasteiger partial charge is 0.497 e. The predicted molar refractivity (Wildman–Crippen MR) is 120 cm³/mol. The lowest BCUT2D eigenvalue weighted by molar-refractivity contribution is -0.107. The van der Waals surface area contributed by atoms with E-state index in [-0.39, 0.29) is 10.0 Å². The minimum Gasteiger partial charge on any atom is -0.497 e. The Hall–Kier alpha value is -2.69. The van der Waals surface area contributed by atoms with Crippen LogP contribution >= 0.6 is 12.2 Å². The normalized spacial score (nSPS) is 14.6. The molecule has 0 spiro atoms. The van der Waals surface area contributed by atoms with Crippen LogP contribution in [0.5, 0.6) is 5.75 Å². The van der Waals surface area contributed by atoms with Gasteiger partial charge < -0.3 is 10.1 Å². The van der Waals surface area contributed by atoms with Gasteiger partial charge in [-0.15, -0.1) is 0 Å². The van der Waals surface area contributed by atoms with Gasteiger partial charge in [0.2, 0.25) is 16.4 Å². The molecular formula is C20H24N4O4S2. The molecule has 1 aliphatic heterocycles. The van der Waals surface area contributed by atoms with E-state index in [4.69, 9.17) is 17.0 Å². The highest BCUT2D eigenvalue weighted by Gasteiger charge is 2.25. The molecule has 1 amide bonds. The molecule has 1 fully saturated rings. The van der Waals surface area contributed by atoms with Gasteiger partial charge in [-0.05, 0) is 61.5 Å². The number of carbonyl (C=O) groups is 1. The summed E-state index contributed by atoms with van der Waals surface area (Å²) in [6.45, 7) is 1.12. The molecule has 1 heterocycles. The lowest BCUT2D eigenvalue weighted by atomic mass is 10.2. The van der Waals surface area contributed by atoms with Crippen LogP contribution in [0.3, 0.4) is 0 Å². The van der Waals surface area contributed by atoms with Crippen molar-refractivity contribution in [2.24, 2.45) is 0 Å². The van der Waals surface area contributed by atoms with Crippen molar-refractivity contribution in [2.45, 2.75) is 24.2 Å². The van der Waals surface area contributed by atoms with Crippen molar-refractivity contribution in [3.05, 3.63) is 48.5 Å². The maximum absolute atomic E-state index is 12.7. The number of amides is 1. The molecule has 8 nitrogen and oxygen atoms in total. The van der Waals surface area contributed by atoms with Crippen molar-refractivity contribution in [3.63, 3.8) is 0 Å². The zero-order chi connectivity index (χ0) is 21.6. The molecule has 0 unspecified atom stereocenters. The fourth-order valence-electron chi connectivity index (χ4n) is 3.15. The molecule has 30 heavy (non-hydrogen) atoms. The second kappa shape index (κ2) is 9.88. The third-order valence-corrected chi connectivity index (χ3v) is 6.83. The number of hydrogen-bond donors (Lipinski definition) is 2. The monoisotopic (exact) mass is 448 g/mol. The first-order valence-electron chi connectivity index (χ1n) is 9.50. The highest BCUT2D eigenvalue weighted by Crippen LogP contribution is 2.22. The SMILES string of the molecule is COc1cccc(N(C=O)NC(=S)Nc2ccc(S(=O)(=O)N3CCCCC3)cc2)c1. The first-order chi connectivity index (χ1) is 14.4. The fourth-order valence-corrected chi connectivity index (χ4v) is 4.88. The van der Waals surface area contributed by atoms with E-state index in [1.54, 1.807) is 55.6 Å². The van der Waals surface area contributed by atoms with E-state index in [1.165, 1.54) is 9.31 Å². The summed E-state index contributed by atoms with van der Waals surface area (Å²) in [5.74, 6) is 0.602. The smallest absolute Gasteiger partial charge is 0.243 e. The minimum atomic E-state index is -3.48. The molecule has 2 aromatic rings. The van der Waals surface area contributed by atoms with Crippen LogP contribution in [0.4, 0.5) is 11.4 Å². The molecule has 0 radical (unpaired) electrons. The Bertz CT molecular complexity index is 990. The third-order valence-electron chi connectivity index (χ3n) is 4.72. The molecule has 10 heteroatoms. The standard InChI is InChI=1S/C20H24N4O4S2/c1-28-18-7-5-6-17(14-18)24(15-25)22-20(29)21-16-8-10-19(11-9-16)30(26,27)23-12-3-2-4-13-23/h5-11,14-15H,2-4,12-13H2,1H3,(H2,21,22,29). The van der Waals surface area contributed by atoms with Gasteiger partial charge >= 0.3 is 0 Å². The quantitative estimate of drug-likeness (QED) is 0.382. The number of piperidine rings is 1. The van der Waals surface area contributed by atoms with Gasteiger partial charge in [-0.2, -0.15) is 4.31 Å². The second-order valence-electron chi connectivity index (χ2n) is 6.73. The van der Waals surface area contributed by atoms with E-state index in [1.807, 2.05) is 0 Å². The summed E-state index contributed by atoms with van der Waals surface area (Å²) in [7, 11) is -1.94. The Morgan fingerprint density at radius 2 is 1.83 bits per heavy atom. The molecule has 0 aliphatic carbocycles. The molecule has 2 N–H and O–H groups in total. The molecule has 1 saturated heterocycles. The van der Waals surface area contributed by atoms with Crippen molar-refractivity contribution in [2.75, 3.05) is 30.5 Å².